The molecule has 2 N–H and O–H groups in total. The summed E-state index contributed by atoms with van der Waals surface area (Å²) in [5, 5.41) is 0. The molecule has 0 saturated heterocycles. The number of aryl methyl sites for hydroxylation is 1. The quantitative estimate of drug-likeness (QED) is 0.758. The van der Waals surface area contributed by atoms with Gasteiger partial charge in [-0.15, -0.1) is 0 Å². The Morgan fingerprint density at radius 3 is 2.35 bits per heavy atom. The molecular formula is C18H31NO. The first kappa shape index (κ1) is 17.0. The normalized spacial score (nSPS) is 13.0. The van der Waals surface area contributed by atoms with Gasteiger partial charge in [-0.1, -0.05) is 39.8 Å². The van der Waals surface area contributed by atoms with E-state index in [0.29, 0.717) is 17.9 Å². The van der Waals surface area contributed by atoms with E-state index >= 15 is 0 Å². The largest absolute Gasteiger partial charge is 0.493 e. The van der Waals surface area contributed by atoms with Gasteiger partial charge in [0, 0.05) is 6.04 Å². The molecule has 0 aliphatic rings. The second-order valence-corrected chi connectivity index (χ2v) is 6.60. The van der Waals surface area contributed by atoms with E-state index in [1.165, 1.54) is 11.1 Å². The lowest BCUT2D eigenvalue weighted by Gasteiger charge is -2.17. The van der Waals surface area contributed by atoms with Gasteiger partial charge in [-0.05, 0) is 55.2 Å². The molecule has 1 unspecified atom stereocenters. The summed E-state index contributed by atoms with van der Waals surface area (Å²) in [5.74, 6) is 2.09. The van der Waals surface area contributed by atoms with Crippen molar-refractivity contribution in [2.45, 2.75) is 65.8 Å². The molecule has 0 amide bonds. The molecule has 1 aromatic carbocycles. The SMILES string of the molecule is CC(C)COc1ccc(CCCC(C)N)cc1C(C)C. The van der Waals surface area contributed by atoms with Gasteiger partial charge in [0.25, 0.3) is 0 Å². The van der Waals surface area contributed by atoms with Crippen molar-refractivity contribution in [3.05, 3.63) is 29.3 Å². The Kier molecular flexibility index (Phi) is 7.08. The fourth-order valence-corrected chi connectivity index (χ4v) is 2.22. The maximum Gasteiger partial charge on any atom is 0.122 e. The minimum absolute atomic E-state index is 0.299. The highest BCUT2D eigenvalue weighted by atomic mass is 16.5. The zero-order valence-corrected chi connectivity index (χ0v) is 13.8. The molecule has 0 fully saturated rings. The Hall–Kier alpha value is -1.02. The Labute approximate surface area is 124 Å². The van der Waals surface area contributed by atoms with E-state index in [9.17, 15) is 0 Å². The summed E-state index contributed by atoms with van der Waals surface area (Å²) in [4.78, 5) is 0. The zero-order valence-electron chi connectivity index (χ0n) is 13.8. The van der Waals surface area contributed by atoms with Gasteiger partial charge in [-0.2, -0.15) is 0 Å². The van der Waals surface area contributed by atoms with Crippen LogP contribution in [-0.4, -0.2) is 12.6 Å². The van der Waals surface area contributed by atoms with Gasteiger partial charge >= 0.3 is 0 Å². The molecule has 0 spiro atoms. The van der Waals surface area contributed by atoms with Crippen LogP contribution in [0.25, 0.3) is 0 Å². The molecule has 1 atom stereocenters. The molecule has 2 nitrogen and oxygen atoms in total. The predicted molar refractivity (Wildman–Crippen MR) is 87.5 cm³/mol. The molecule has 0 radical (unpaired) electrons. The molecule has 0 saturated carbocycles. The van der Waals surface area contributed by atoms with Crippen LogP contribution in [0.3, 0.4) is 0 Å². The number of hydrogen-bond acceptors (Lipinski definition) is 2. The first-order valence-corrected chi connectivity index (χ1v) is 7.91. The van der Waals surface area contributed by atoms with Crippen LogP contribution in [0.1, 0.15) is 64.5 Å². The highest BCUT2D eigenvalue weighted by Gasteiger charge is 2.10. The van der Waals surface area contributed by atoms with Crippen LogP contribution in [0.2, 0.25) is 0 Å². The summed E-state index contributed by atoms with van der Waals surface area (Å²) < 4.78 is 5.94. The Balaban J connectivity index is 2.73. The van der Waals surface area contributed by atoms with Crippen LogP contribution in [0.15, 0.2) is 18.2 Å². The third-order valence-corrected chi connectivity index (χ3v) is 3.39. The number of hydrogen-bond donors (Lipinski definition) is 1. The van der Waals surface area contributed by atoms with Crippen molar-refractivity contribution in [2.24, 2.45) is 11.7 Å². The van der Waals surface area contributed by atoms with E-state index in [1.807, 2.05) is 0 Å². The maximum atomic E-state index is 5.94. The Morgan fingerprint density at radius 2 is 1.80 bits per heavy atom. The minimum atomic E-state index is 0.299. The van der Waals surface area contributed by atoms with Crippen molar-refractivity contribution in [3.63, 3.8) is 0 Å². The predicted octanol–water partition coefficient (Wildman–Crippen LogP) is 4.51. The van der Waals surface area contributed by atoms with Crippen molar-refractivity contribution in [2.75, 3.05) is 6.61 Å². The number of ether oxygens (including phenoxy) is 1. The van der Waals surface area contributed by atoms with Crippen LogP contribution in [-0.2, 0) is 6.42 Å². The van der Waals surface area contributed by atoms with Crippen LogP contribution in [0, 0.1) is 5.92 Å². The third kappa shape index (κ3) is 5.96. The summed E-state index contributed by atoms with van der Waals surface area (Å²) in [6.07, 6.45) is 3.34. The molecule has 0 aromatic heterocycles. The zero-order chi connectivity index (χ0) is 15.1. The molecule has 20 heavy (non-hydrogen) atoms. The van der Waals surface area contributed by atoms with Crippen molar-refractivity contribution in [1.82, 2.24) is 0 Å². The second-order valence-electron chi connectivity index (χ2n) is 6.60. The maximum absolute atomic E-state index is 5.94. The monoisotopic (exact) mass is 277 g/mol. The van der Waals surface area contributed by atoms with Crippen LogP contribution < -0.4 is 10.5 Å². The lowest BCUT2D eigenvalue weighted by molar-refractivity contribution is 0.267. The molecule has 1 rings (SSSR count). The van der Waals surface area contributed by atoms with Gasteiger partial charge < -0.3 is 10.5 Å². The first-order valence-electron chi connectivity index (χ1n) is 7.91. The summed E-state index contributed by atoms with van der Waals surface area (Å²) in [7, 11) is 0. The average Bonchev–Trinajstić information content (AvgIpc) is 2.36. The summed E-state index contributed by atoms with van der Waals surface area (Å²) in [5.41, 5.74) is 8.52. The van der Waals surface area contributed by atoms with Gasteiger partial charge in [-0.3, -0.25) is 0 Å². The number of rotatable bonds is 8. The lowest BCUT2D eigenvalue weighted by Crippen LogP contribution is -2.14. The average molecular weight is 277 g/mol. The van der Waals surface area contributed by atoms with E-state index in [1.54, 1.807) is 0 Å². The highest BCUT2D eigenvalue weighted by Crippen LogP contribution is 2.28. The number of benzene rings is 1. The molecule has 0 aliphatic heterocycles. The highest BCUT2D eigenvalue weighted by molar-refractivity contribution is 5.39. The molecule has 1 aromatic rings. The van der Waals surface area contributed by atoms with Gasteiger partial charge in [0.2, 0.25) is 0 Å². The van der Waals surface area contributed by atoms with Gasteiger partial charge in [-0.25, -0.2) is 0 Å². The van der Waals surface area contributed by atoms with Crippen molar-refractivity contribution < 1.29 is 4.74 Å². The van der Waals surface area contributed by atoms with E-state index in [0.717, 1.165) is 31.6 Å². The Bertz CT molecular complexity index is 396. The van der Waals surface area contributed by atoms with Crippen LogP contribution in [0.5, 0.6) is 5.75 Å². The molecule has 2 heteroatoms. The Morgan fingerprint density at radius 1 is 1.10 bits per heavy atom. The standard InChI is InChI=1S/C18H31NO/c1-13(2)12-20-18-10-9-16(8-6-7-15(5)19)11-17(18)14(3)4/h9-11,13-15H,6-8,12,19H2,1-5H3. The smallest absolute Gasteiger partial charge is 0.122 e. The fraction of sp³-hybridized carbons (Fsp3) is 0.667. The number of nitrogens with two attached hydrogens (primary N) is 1. The van der Waals surface area contributed by atoms with Gasteiger partial charge in [0.05, 0.1) is 6.61 Å². The minimum Gasteiger partial charge on any atom is -0.493 e. The lowest BCUT2D eigenvalue weighted by atomic mass is 9.97. The molecule has 114 valence electrons. The second kappa shape index (κ2) is 8.31. The van der Waals surface area contributed by atoms with Gasteiger partial charge in [0.1, 0.15) is 5.75 Å². The first-order chi connectivity index (χ1) is 9.40. The molecular weight excluding hydrogens is 246 g/mol. The van der Waals surface area contributed by atoms with E-state index in [2.05, 4.69) is 52.8 Å². The van der Waals surface area contributed by atoms with E-state index < -0.39 is 0 Å². The molecule has 0 aliphatic carbocycles. The van der Waals surface area contributed by atoms with Crippen LogP contribution >= 0.6 is 0 Å². The fourth-order valence-electron chi connectivity index (χ4n) is 2.22. The summed E-state index contributed by atoms with van der Waals surface area (Å²) in [6, 6.07) is 6.94. The van der Waals surface area contributed by atoms with Gasteiger partial charge in [0.15, 0.2) is 0 Å². The molecule has 0 heterocycles. The third-order valence-electron chi connectivity index (χ3n) is 3.39. The van der Waals surface area contributed by atoms with Crippen molar-refractivity contribution in [1.29, 1.82) is 0 Å². The summed E-state index contributed by atoms with van der Waals surface area (Å²) >= 11 is 0. The topological polar surface area (TPSA) is 35.2 Å². The van der Waals surface area contributed by atoms with Crippen LogP contribution in [0.4, 0.5) is 0 Å². The van der Waals surface area contributed by atoms with E-state index in [-0.39, 0.29) is 0 Å². The van der Waals surface area contributed by atoms with Crippen molar-refractivity contribution >= 4 is 0 Å². The van der Waals surface area contributed by atoms with Crippen molar-refractivity contribution in [3.8, 4) is 5.75 Å². The summed E-state index contributed by atoms with van der Waals surface area (Å²) in [6.45, 7) is 11.7. The molecule has 0 bridgehead atoms. The van der Waals surface area contributed by atoms with E-state index in [4.69, 9.17) is 10.5 Å².